The van der Waals surface area contributed by atoms with Gasteiger partial charge in [-0.25, -0.2) is 0 Å². The number of morpholine rings is 1. The number of hydrogen-bond donors (Lipinski definition) is 0. The van der Waals surface area contributed by atoms with Crippen molar-refractivity contribution in [1.82, 2.24) is 4.90 Å². The van der Waals surface area contributed by atoms with Crippen molar-refractivity contribution in [2.45, 2.75) is 6.92 Å². The molecule has 26 heavy (non-hydrogen) atoms. The number of anilines is 1. The molecule has 0 atom stereocenters. The van der Waals surface area contributed by atoms with Crippen LogP contribution in [-0.4, -0.2) is 62.5 Å². The second kappa shape index (κ2) is 7.90. The van der Waals surface area contributed by atoms with E-state index in [1.54, 1.807) is 12.1 Å². The normalized spacial score (nSPS) is 18.6. The second-order valence-electron chi connectivity index (χ2n) is 6.62. The molecule has 0 bridgehead atoms. The van der Waals surface area contributed by atoms with Gasteiger partial charge in [0.05, 0.1) is 18.6 Å². The van der Waals surface area contributed by atoms with Crippen molar-refractivity contribution in [3.63, 3.8) is 0 Å². The highest BCUT2D eigenvalue weighted by Gasteiger charge is 2.18. The van der Waals surface area contributed by atoms with Crippen molar-refractivity contribution in [1.29, 1.82) is 0 Å². The molecule has 0 N–H and O–H groups in total. The Balaban J connectivity index is 1.57. The Morgan fingerprint density at radius 3 is 2.85 bits per heavy atom. The molecule has 2 aliphatic heterocycles. The average Bonchev–Trinajstić information content (AvgIpc) is 3.18. The third-order valence-electron chi connectivity index (χ3n) is 4.90. The van der Waals surface area contributed by atoms with Gasteiger partial charge >= 0.3 is 0 Å². The minimum absolute atomic E-state index is 0.0171. The van der Waals surface area contributed by atoms with Crippen molar-refractivity contribution in [2.75, 3.05) is 62.5 Å². The molecule has 1 aromatic heterocycles. The highest BCUT2D eigenvalue weighted by Crippen LogP contribution is 2.29. The molecular weight excluding hydrogens is 352 g/mol. The van der Waals surface area contributed by atoms with Crippen molar-refractivity contribution in [3.05, 3.63) is 34.0 Å². The Hall–Kier alpha value is -1.70. The second-order valence-corrected chi connectivity index (χ2v) is 7.69. The molecule has 2 aromatic rings. The summed E-state index contributed by atoms with van der Waals surface area (Å²) in [4.78, 5) is 17.0. The summed E-state index contributed by atoms with van der Waals surface area (Å²) in [7, 11) is 0. The zero-order valence-electron chi connectivity index (χ0n) is 15.0. The van der Waals surface area contributed by atoms with Crippen LogP contribution in [0.3, 0.4) is 0 Å². The maximum atomic E-state index is 12.5. The van der Waals surface area contributed by atoms with Gasteiger partial charge in [-0.15, -0.1) is 11.8 Å². The predicted molar refractivity (Wildman–Crippen MR) is 105 cm³/mol. The first-order valence-corrected chi connectivity index (χ1v) is 10.2. The molecule has 6 nitrogen and oxygen atoms in total. The quantitative estimate of drug-likeness (QED) is 0.794. The smallest absolute Gasteiger partial charge is 0.200 e. The van der Waals surface area contributed by atoms with E-state index in [9.17, 15) is 4.79 Å². The topological polar surface area (TPSA) is 55.2 Å². The highest BCUT2D eigenvalue weighted by molar-refractivity contribution is 7.99. The first-order valence-electron chi connectivity index (χ1n) is 9.05. The lowest BCUT2D eigenvalue weighted by molar-refractivity contribution is 0.121. The first-order chi connectivity index (χ1) is 12.7. The van der Waals surface area contributed by atoms with Gasteiger partial charge < -0.3 is 18.8 Å². The van der Waals surface area contributed by atoms with Crippen LogP contribution in [-0.2, 0) is 4.74 Å². The molecular formula is C19H24N2O4S. The van der Waals surface area contributed by atoms with Crippen LogP contribution in [0.25, 0.3) is 11.0 Å². The van der Waals surface area contributed by atoms with Gasteiger partial charge in [-0.1, -0.05) is 0 Å². The van der Waals surface area contributed by atoms with Crippen molar-refractivity contribution < 1.29 is 13.9 Å². The molecule has 0 unspecified atom stereocenters. The summed E-state index contributed by atoms with van der Waals surface area (Å²) in [5.41, 5.74) is 1.48. The van der Waals surface area contributed by atoms with E-state index in [1.165, 1.54) is 5.75 Å². The minimum Gasteiger partial charge on any atom is -0.492 e. The summed E-state index contributed by atoms with van der Waals surface area (Å²) >= 11 is 1.96. The fraction of sp³-hybridized carbons (Fsp3) is 0.526. The molecule has 0 amide bonds. The van der Waals surface area contributed by atoms with Crippen LogP contribution in [0.2, 0.25) is 0 Å². The van der Waals surface area contributed by atoms with Crippen LogP contribution in [0.1, 0.15) is 5.56 Å². The zero-order chi connectivity index (χ0) is 17.9. The van der Waals surface area contributed by atoms with E-state index in [1.807, 2.05) is 24.8 Å². The van der Waals surface area contributed by atoms with E-state index in [0.29, 0.717) is 36.7 Å². The fourth-order valence-electron chi connectivity index (χ4n) is 3.33. The Labute approximate surface area is 157 Å². The number of nitrogens with zero attached hydrogens (tertiary/aromatic N) is 2. The molecule has 2 fully saturated rings. The lowest BCUT2D eigenvalue weighted by atomic mass is 10.1. The van der Waals surface area contributed by atoms with Crippen LogP contribution in [0.4, 0.5) is 5.88 Å². The van der Waals surface area contributed by atoms with Crippen molar-refractivity contribution in [2.24, 2.45) is 0 Å². The van der Waals surface area contributed by atoms with Gasteiger partial charge in [0, 0.05) is 49.4 Å². The Morgan fingerprint density at radius 2 is 2.08 bits per heavy atom. The van der Waals surface area contributed by atoms with E-state index in [0.717, 1.165) is 43.4 Å². The number of thioether (sulfide) groups is 1. The molecule has 4 rings (SSSR count). The number of aryl methyl sites for hydroxylation is 1. The SMILES string of the molecule is Cc1c(OCCN2CCSC2)ccc2c(=O)cc(N3CCOCC3)oc12. The summed E-state index contributed by atoms with van der Waals surface area (Å²) in [6.45, 7) is 7.41. The summed E-state index contributed by atoms with van der Waals surface area (Å²) in [5.74, 6) is 3.68. The number of hydrogen-bond acceptors (Lipinski definition) is 7. The highest BCUT2D eigenvalue weighted by atomic mass is 32.2. The van der Waals surface area contributed by atoms with Gasteiger partial charge in [-0.05, 0) is 19.1 Å². The summed E-state index contributed by atoms with van der Waals surface area (Å²) in [5, 5.41) is 0.600. The van der Waals surface area contributed by atoms with Gasteiger partial charge in [-0.2, -0.15) is 0 Å². The van der Waals surface area contributed by atoms with Crippen LogP contribution < -0.4 is 15.1 Å². The molecule has 7 heteroatoms. The molecule has 0 saturated carbocycles. The van der Waals surface area contributed by atoms with Gasteiger partial charge in [-0.3, -0.25) is 9.69 Å². The lowest BCUT2D eigenvalue weighted by Crippen LogP contribution is -2.36. The molecule has 0 aliphatic carbocycles. The maximum Gasteiger partial charge on any atom is 0.200 e. The van der Waals surface area contributed by atoms with E-state index >= 15 is 0 Å². The molecule has 2 aliphatic rings. The van der Waals surface area contributed by atoms with Gasteiger partial charge in [0.25, 0.3) is 0 Å². The lowest BCUT2D eigenvalue weighted by Gasteiger charge is -2.27. The zero-order valence-corrected chi connectivity index (χ0v) is 15.8. The monoisotopic (exact) mass is 376 g/mol. The van der Waals surface area contributed by atoms with Crippen LogP contribution in [0, 0.1) is 6.92 Å². The Kier molecular flexibility index (Phi) is 5.38. The van der Waals surface area contributed by atoms with E-state index < -0.39 is 0 Å². The number of fused-ring (bicyclic) bond motifs is 1. The first kappa shape index (κ1) is 17.7. The van der Waals surface area contributed by atoms with Gasteiger partial charge in [0.15, 0.2) is 11.3 Å². The van der Waals surface area contributed by atoms with Gasteiger partial charge in [0.1, 0.15) is 17.9 Å². The third-order valence-corrected chi connectivity index (χ3v) is 5.92. The summed E-state index contributed by atoms with van der Waals surface area (Å²) < 4.78 is 17.5. The Bertz CT molecular complexity index is 826. The van der Waals surface area contributed by atoms with Crippen LogP contribution in [0.15, 0.2) is 27.4 Å². The number of rotatable bonds is 5. The van der Waals surface area contributed by atoms with Crippen molar-refractivity contribution in [3.8, 4) is 5.75 Å². The standard InChI is InChI=1S/C19H24N2O4S/c1-14-17(24-10-4-20-7-11-26-13-20)3-2-15-16(22)12-18(25-19(14)15)21-5-8-23-9-6-21/h2-3,12H,4-11,13H2,1H3. The third kappa shape index (κ3) is 3.70. The molecule has 2 saturated heterocycles. The predicted octanol–water partition coefficient (Wildman–Crippen LogP) is 2.32. The molecule has 140 valence electrons. The minimum atomic E-state index is -0.0171. The van der Waals surface area contributed by atoms with E-state index in [2.05, 4.69) is 9.80 Å². The fourth-order valence-corrected chi connectivity index (χ4v) is 4.36. The van der Waals surface area contributed by atoms with E-state index in [4.69, 9.17) is 13.9 Å². The summed E-state index contributed by atoms with van der Waals surface area (Å²) in [6.07, 6.45) is 0. The number of benzene rings is 1. The molecule has 0 spiro atoms. The number of ether oxygens (including phenoxy) is 2. The molecule has 3 heterocycles. The van der Waals surface area contributed by atoms with E-state index in [-0.39, 0.29) is 5.43 Å². The maximum absolute atomic E-state index is 12.5. The molecule has 1 aromatic carbocycles. The largest absolute Gasteiger partial charge is 0.492 e. The molecule has 0 radical (unpaired) electrons. The van der Waals surface area contributed by atoms with Crippen molar-refractivity contribution >= 4 is 28.6 Å². The van der Waals surface area contributed by atoms with Gasteiger partial charge in [0.2, 0.25) is 0 Å². The Morgan fingerprint density at radius 1 is 1.23 bits per heavy atom. The average molecular weight is 376 g/mol. The summed E-state index contributed by atoms with van der Waals surface area (Å²) in [6, 6.07) is 5.26. The van der Waals surface area contributed by atoms with Crippen LogP contribution in [0.5, 0.6) is 5.75 Å². The van der Waals surface area contributed by atoms with Crippen LogP contribution >= 0.6 is 11.8 Å².